The van der Waals surface area contributed by atoms with Gasteiger partial charge in [0.15, 0.2) is 0 Å². The Morgan fingerprint density at radius 3 is 2.80 bits per heavy atom. The molecule has 3 rings (SSSR count). The molecule has 0 bridgehead atoms. The van der Waals surface area contributed by atoms with E-state index in [1.54, 1.807) is 18.3 Å². The van der Waals surface area contributed by atoms with Gasteiger partial charge in [-0.2, -0.15) is 0 Å². The third kappa shape index (κ3) is 2.31. The molecule has 0 radical (unpaired) electrons. The summed E-state index contributed by atoms with van der Waals surface area (Å²) in [7, 11) is 0. The molecule has 1 aliphatic rings. The fourth-order valence-electron chi connectivity index (χ4n) is 2.34. The van der Waals surface area contributed by atoms with Crippen molar-refractivity contribution in [3.05, 3.63) is 40.2 Å². The SMILES string of the molecule is Cc1cc2c(NCC3(C)CC3)ccc([N+](=O)[O-])c2cn1. The van der Waals surface area contributed by atoms with Crippen LogP contribution in [-0.4, -0.2) is 16.5 Å². The van der Waals surface area contributed by atoms with Crippen molar-refractivity contribution in [1.82, 2.24) is 4.98 Å². The highest BCUT2D eigenvalue weighted by Gasteiger charge is 2.36. The Hall–Kier alpha value is -2.17. The first-order valence-electron chi connectivity index (χ1n) is 6.76. The monoisotopic (exact) mass is 271 g/mol. The van der Waals surface area contributed by atoms with Crippen molar-refractivity contribution in [3.8, 4) is 0 Å². The number of nitro benzene ring substituents is 1. The summed E-state index contributed by atoms with van der Waals surface area (Å²) in [5.74, 6) is 0. The second kappa shape index (κ2) is 4.44. The molecular formula is C15H17N3O2. The van der Waals surface area contributed by atoms with Crippen LogP contribution in [0, 0.1) is 22.5 Å². The van der Waals surface area contributed by atoms with E-state index in [0.29, 0.717) is 10.8 Å². The molecule has 0 saturated heterocycles. The van der Waals surface area contributed by atoms with Gasteiger partial charge in [-0.05, 0) is 37.3 Å². The van der Waals surface area contributed by atoms with Crippen LogP contribution in [0.25, 0.3) is 10.8 Å². The lowest BCUT2D eigenvalue weighted by Crippen LogP contribution is -2.12. The Kier molecular flexibility index (Phi) is 2.85. The Balaban J connectivity index is 2.05. The molecule has 5 nitrogen and oxygen atoms in total. The molecule has 0 unspecified atom stereocenters. The fraction of sp³-hybridized carbons (Fsp3) is 0.400. The lowest BCUT2D eigenvalue weighted by atomic mass is 10.1. The second-order valence-corrected chi connectivity index (χ2v) is 5.92. The third-order valence-electron chi connectivity index (χ3n) is 4.02. The largest absolute Gasteiger partial charge is 0.384 e. The van der Waals surface area contributed by atoms with Crippen molar-refractivity contribution >= 4 is 22.1 Å². The van der Waals surface area contributed by atoms with Crippen molar-refractivity contribution in [3.63, 3.8) is 0 Å². The Bertz CT molecular complexity index is 693. The van der Waals surface area contributed by atoms with Crippen LogP contribution >= 0.6 is 0 Å². The van der Waals surface area contributed by atoms with Crippen LogP contribution in [-0.2, 0) is 0 Å². The maximum atomic E-state index is 11.1. The number of nitrogens with zero attached hydrogens (tertiary/aromatic N) is 2. The molecule has 104 valence electrons. The van der Waals surface area contributed by atoms with Crippen molar-refractivity contribution in [1.29, 1.82) is 0 Å². The quantitative estimate of drug-likeness (QED) is 0.680. The van der Waals surface area contributed by atoms with Crippen LogP contribution in [0.15, 0.2) is 24.4 Å². The van der Waals surface area contributed by atoms with E-state index in [4.69, 9.17) is 0 Å². The van der Waals surface area contributed by atoms with Gasteiger partial charge in [-0.1, -0.05) is 6.92 Å². The van der Waals surface area contributed by atoms with Gasteiger partial charge in [-0.3, -0.25) is 15.1 Å². The van der Waals surface area contributed by atoms with Gasteiger partial charge in [0.1, 0.15) is 0 Å². The predicted molar refractivity (Wildman–Crippen MR) is 79.0 cm³/mol. The van der Waals surface area contributed by atoms with E-state index in [0.717, 1.165) is 23.3 Å². The first-order chi connectivity index (χ1) is 9.48. The van der Waals surface area contributed by atoms with E-state index in [1.165, 1.54) is 12.8 Å². The van der Waals surface area contributed by atoms with Gasteiger partial charge in [-0.15, -0.1) is 0 Å². The summed E-state index contributed by atoms with van der Waals surface area (Å²) in [6.45, 7) is 5.05. The summed E-state index contributed by atoms with van der Waals surface area (Å²) >= 11 is 0. The van der Waals surface area contributed by atoms with Crippen LogP contribution in [0.4, 0.5) is 11.4 Å². The first kappa shape index (κ1) is 12.8. The van der Waals surface area contributed by atoms with Gasteiger partial charge in [0, 0.05) is 35.6 Å². The zero-order valence-electron chi connectivity index (χ0n) is 11.6. The normalized spacial score (nSPS) is 16.1. The van der Waals surface area contributed by atoms with Gasteiger partial charge < -0.3 is 5.32 Å². The third-order valence-corrected chi connectivity index (χ3v) is 4.02. The summed E-state index contributed by atoms with van der Waals surface area (Å²) in [6, 6.07) is 5.25. The number of rotatable bonds is 4. The zero-order valence-corrected chi connectivity index (χ0v) is 11.6. The number of pyridine rings is 1. The molecule has 1 heterocycles. The molecule has 1 aliphatic carbocycles. The number of nitrogens with one attached hydrogen (secondary N) is 1. The molecule has 20 heavy (non-hydrogen) atoms. The molecule has 1 fully saturated rings. The van der Waals surface area contributed by atoms with E-state index in [2.05, 4.69) is 17.2 Å². The zero-order chi connectivity index (χ0) is 14.3. The fourth-order valence-corrected chi connectivity index (χ4v) is 2.34. The minimum absolute atomic E-state index is 0.107. The summed E-state index contributed by atoms with van der Waals surface area (Å²) in [5.41, 5.74) is 2.30. The number of aryl methyl sites for hydroxylation is 1. The van der Waals surface area contributed by atoms with Crippen LogP contribution in [0.2, 0.25) is 0 Å². The van der Waals surface area contributed by atoms with Gasteiger partial charge in [0.25, 0.3) is 5.69 Å². The van der Waals surface area contributed by atoms with E-state index >= 15 is 0 Å². The Morgan fingerprint density at radius 1 is 1.40 bits per heavy atom. The van der Waals surface area contributed by atoms with Crippen molar-refractivity contribution in [2.75, 3.05) is 11.9 Å². The first-order valence-corrected chi connectivity index (χ1v) is 6.76. The van der Waals surface area contributed by atoms with Gasteiger partial charge in [0.05, 0.1) is 10.3 Å². The second-order valence-electron chi connectivity index (χ2n) is 5.92. The summed E-state index contributed by atoms with van der Waals surface area (Å²) < 4.78 is 0. The van der Waals surface area contributed by atoms with E-state index in [-0.39, 0.29) is 10.6 Å². The van der Waals surface area contributed by atoms with Crippen molar-refractivity contribution in [2.24, 2.45) is 5.41 Å². The van der Waals surface area contributed by atoms with Crippen molar-refractivity contribution in [2.45, 2.75) is 26.7 Å². The summed E-state index contributed by atoms with van der Waals surface area (Å²) in [4.78, 5) is 14.9. The number of anilines is 1. The van der Waals surface area contributed by atoms with E-state index < -0.39 is 0 Å². The molecule has 1 N–H and O–H groups in total. The molecule has 0 amide bonds. The molecular weight excluding hydrogens is 254 g/mol. The molecule has 5 heteroatoms. The number of hydrogen-bond donors (Lipinski definition) is 1. The van der Waals surface area contributed by atoms with Gasteiger partial charge >= 0.3 is 0 Å². The lowest BCUT2D eigenvalue weighted by Gasteiger charge is -2.14. The number of fused-ring (bicyclic) bond motifs is 1. The molecule has 1 saturated carbocycles. The standard InChI is InChI=1S/C15H17N3O2/c1-10-7-11-12(8-16-10)14(18(19)20)4-3-13(11)17-9-15(2)5-6-15/h3-4,7-8,17H,5-6,9H2,1-2H3. The minimum Gasteiger partial charge on any atom is -0.384 e. The molecule has 1 aromatic carbocycles. The molecule has 0 spiro atoms. The number of benzene rings is 1. The van der Waals surface area contributed by atoms with Crippen molar-refractivity contribution < 1.29 is 4.92 Å². The maximum Gasteiger partial charge on any atom is 0.278 e. The maximum absolute atomic E-state index is 11.1. The highest BCUT2D eigenvalue weighted by molar-refractivity contribution is 5.99. The average Bonchev–Trinajstić information content (AvgIpc) is 3.14. The topological polar surface area (TPSA) is 68.1 Å². The predicted octanol–water partition coefficient (Wildman–Crippen LogP) is 3.66. The van der Waals surface area contributed by atoms with Gasteiger partial charge in [-0.25, -0.2) is 0 Å². The smallest absolute Gasteiger partial charge is 0.278 e. The van der Waals surface area contributed by atoms with Crippen LogP contribution in [0.3, 0.4) is 0 Å². The Labute approximate surface area is 117 Å². The lowest BCUT2D eigenvalue weighted by molar-refractivity contribution is -0.383. The van der Waals surface area contributed by atoms with Crippen LogP contribution < -0.4 is 5.32 Å². The van der Waals surface area contributed by atoms with E-state index in [1.807, 2.05) is 13.0 Å². The molecule has 1 aromatic heterocycles. The molecule has 2 aromatic rings. The van der Waals surface area contributed by atoms with Crippen LogP contribution in [0.5, 0.6) is 0 Å². The Morgan fingerprint density at radius 2 is 2.15 bits per heavy atom. The van der Waals surface area contributed by atoms with E-state index in [9.17, 15) is 10.1 Å². The molecule has 0 atom stereocenters. The summed E-state index contributed by atoms with van der Waals surface area (Å²) in [6.07, 6.45) is 4.07. The number of aromatic nitrogens is 1. The number of hydrogen-bond acceptors (Lipinski definition) is 4. The van der Waals surface area contributed by atoms with Gasteiger partial charge in [0.2, 0.25) is 0 Å². The number of nitro groups is 1. The summed E-state index contributed by atoms with van der Waals surface area (Å²) in [5, 5.41) is 16.0. The minimum atomic E-state index is -0.356. The number of non-ortho nitro benzene ring substituents is 1. The highest BCUT2D eigenvalue weighted by atomic mass is 16.6. The average molecular weight is 271 g/mol. The highest BCUT2D eigenvalue weighted by Crippen LogP contribution is 2.45. The molecule has 0 aliphatic heterocycles. The van der Waals surface area contributed by atoms with Crippen LogP contribution in [0.1, 0.15) is 25.5 Å².